The topological polar surface area (TPSA) is 84.5 Å². The fraction of sp³-hybridized carbons (Fsp3) is 0.400. The van der Waals surface area contributed by atoms with Gasteiger partial charge in [-0.05, 0) is 38.1 Å². The molecule has 1 aliphatic rings. The molecular formula is C15H18N2O4. The van der Waals surface area contributed by atoms with Crippen molar-refractivity contribution in [1.29, 1.82) is 0 Å². The van der Waals surface area contributed by atoms with E-state index in [1.54, 1.807) is 38.1 Å². The van der Waals surface area contributed by atoms with Crippen LogP contribution in [0.25, 0.3) is 0 Å². The monoisotopic (exact) mass is 290 g/mol. The minimum absolute atomic E-state index is 0.0861. The van der Waals surface area contributed by atoms with E-state index in [-0.39, 0.29) is 24.2 Å². The van der Waals surface area contributed by atoms with Gasteiger partial charge in [0.15, 0.2) is 0 Å². The van der Waals surface area contributed by atoms with Crippen LogP contribution < -0.4 is 10.6 Å². The van der Waals surface area contributed by atoms with Gasteiger partial charge >= 0.3 is 5.97 Å². The van der Waals surface area contributed by atoms with Gasteiger partial charge in [0, 0.05) is 18.3 Å². The number of nitrogens with one attached hydrogen (secondary N) is 2. The van der Waals surface area contributed by atoms with Crippen molar-refractivity contribution in [2.45, 2.75) is 32.8 Å². The van der Waals surface area contributed by atoms with Gasteiger partial charge in [-0.2, -0.15) is 0 Å². The van der Waals surface area contributed by atoms with E-state index in [0.29, 0.717) is 11.4 Å². The Morgan fingerprint density at radius 2 is 1.67 bits per heavy atom. The van der Waals surface area contributed by atoms with Crippen LogP contribution in [-0.4, -0.2) is 23.4 Å². The van der Waals surface area contributed by atoms with Crippen molar-refractivity contribution in [1.82, 2.24) is 0 Å². The van der Waals surface area contributed by atoms with Crippen LogP contribution in [0.2, 0.25) is 0 Å². The molecule has 0 saturated carbocycles. The van der Waals surface area contributed by atoms with Gasteiger partial charge in [-0.25, -0.2) is 0 Å². The van der Waals surface area contributed by atoms with E-state index in [1.807, 2.05) is 0 Å². The first-order chi connectivity index (χ1) is 9.78. The average molecular weight is 290 g/mol. The van der Waals surface area contributed by atoms with E-state index in [2.05, 4.69) is 10.6 Å². The van der Waals surface area contributed by atoms with Crippen molar-refractivity contribution in [3.05, 3.63) is 24.3 Å². The Kier molecular flexibility index (Phi) is 3.97. The number of anilines is 2. The van der Waals surface area contributed by atoms with Gasteiger partial charge in [0.05, 0.1) is 12.3 Å². The Morgan fingerprint density at radius 3 is 2.10 bits per heavy atom. The number of amides is 2. The van der Waals surface area contributed by atoms with Crippen LogP contribution in [0.1, 0.15) is 27.2 Å². The van der Waals surface area contributed by atoms with Gasteiger partial charge in [-0.3, -0.25) is 14.4 Å². The summed E-state index contributed by atoms with van der Waals surface area (Å²) < 4.78 is 5.14. The molecule has 2 rings (SSSR count). The largest absolute Gasteiger partial charge is 0.459 e. The molecule has 6 heteroatoms. The molecule has 1 aromatic carbocycles. The number of hydrogen-bond acceptors (Lipinski definition) is 4. The van der Waals surface area contributed by atoms with Gasteiger partial charge in [-0.15, -0.1) is 0 Å². The number of carbonyl (C=O) groups excluding carboxylic acids is 3. The number of hydrogen-bond donors (Lipinski definition) is 2. The highest BCUT2D eigenvalue weighted by molar-refractivity contribution is 5.97. The molecule has 21 heavy (non-hydrogen) atoms. The maximum atomic E-state index is 12.2. The molecule has 0 bridgehead atoms. The van der Waals surface area contributed by atoms with E-state index >= 15 is 0 Å². The van der Waals surface area contributed by atoms with Gasteiger partial charge in [0.2, 0.25) is 11.8 Å². The summed E-state index contributed by atoms with van der Waals surface area (Å²) in [6, 6.07) is 6.76. The molecule has 112 valence electrons. The first-order valence-electron chi connectivity index (χ1n) is 6.68. The molecule has 1 saturated heterocycles. The maximum Gasteiger partial charge on any atom is 0.307 e. The SMILES string of the molecule is CC(=O)Nc1ccc(NC(=O)[C@@H]2CC(=O)OC2(C)C)cc1. The molecule has 1 fully saturated rings. The summed E-state index contributed by atoms with van der Waals surface area (Å²) >= 11 is 0. The second kappa shape index (κ2) is 5.55. The van der Waals surface area contributed by atoms with Gasteiger partial charge in [0.1, 0.15) is 5.60 Å². The molecule has 6 nitrogen and oxygen atoms in total. The zero-order chi connectivity index (χ0) is 15.6. The number of rotatable bonds is 3. The predicted octanol–water partition coefficient (Wildman–Crippen LogP) is 1.93. The highest BCUT2D eigenvalue weighted by Crippen LogP contribution is 2.33. The van der Waals surface area contributed by atoms with Crippen LogP contribution in [-0.2, 0) is 19.1 Å². The number of ether oxygens (including phenoxy) is 1. The van der Waals surface area contributed by atoms with E-state index in [0.717, 1.165) is 0 Å². The molecule has 0 spiro atoms. The number of benzene rings is 1. The normalized spacial score (nSPS) is 19.8. The second-order valence-electron chi connectivity index (χ2n) is 5.58. The number of esters is 1. The second-order valence-corrected chi connectivity index (χ2v) is 5.58. The average Bonchev–Trinajstić information content (AvgIpc) is 2.64. The van der Waals surface area contributed by atoms with Crippen molar-refractivity contribution >= 4 is 29.2 Å². The van der Waals surface area contributed by atoms with Crippen LogP contribution in [0.5, 0.6) is 0 Å². The van der Waals surface area contributed by atoms with Crippen LogP contribution in [0.3, 0.4) is 0 Å². The summed E-state index contributed by atoms with van der Waals surface area (Å²) in [5, 5.41) is 5.40. The highest BCUT2D eigenvalue weighted by atomic mass is 16.6. The first kappa shape index (κ1) is 15.0. The third-order valence-corrected chi connectivity index (χ3v) is 3.38. The summed E-state index contributed by atoms with van der Waals surface area (Å²) in [7, 11) is 0. The zero-order valence-corrected chi connectivity index (χ0v) is 12.2. The van der Waals surface area contributed by atoms with E-state index in [4.69, 9.17) is 4.74 Å². The Morgan fingerprint density at radius 1 is 1.14 bits per heavy atom. The highest BCUT2D eigenvalue weighted by Gasteiger charge is 2.46. The minimum atomic E-state index is -0.794. The molecule has 0 aliphatic carbocycles. The standard InChI is InChI=1S/C15H18N2O4/c1-9(18)16-10-4-6-11(7-5-10)17-14(20)12-8-13(19)21-15(12,2)3/h4-7,12H,8H2,1-3H3,(H,16,18)(H,17,20)/t12-/m0/s1. The molecule has 0 unspecified atom stereocenters. The predicted molar refractivity (Wildman–Crippen MR) is 77.7 cm³/mol. The fourth-order valence-corrected chi connectivity index (χ4v) is 2.30. The van der Waals surface area contributed by atoms with Crippen LogP contribution in [0, 0.1) is 5.92 Å². The Balaban J connectivity index is 2.03. The lowest BCUT2D eigenvalue weighted by Gasteiger charge is -2.23. The van der Waals surface area contributed by atoms with E-state index in [9.17, 15) is 14.4 Å². The van der Waals surface area contributed by atoms with Gasteiger partial charge < -0.3 is 15.4 Å². The van der Waals surface area contributed by atoms with Crippen molar-refractivity contribution in [3.63, 3.8) is 0 Å². The van der Waals surface area contributed by atoms with Crippen molar-refractivity contribution < 1.29 is 19.1 Å². The van der Waals surface area contributed by atoms with Crippen molar-refractivity contribution in [2.24, 2.45) is 5.92 Å². The minimum Gasteiger partial charge on any atom is -0.459 e. The van der Waals surface area contributed by atoms with Gasteiger partial charge in [-0.1, -0.05) is 0 Å². The third-order valence-electron chi connectivity index (χ3n) is 3.38. The molecule has 0 aromatic heterocycles. The Labute approximate surface area is 122 Å². The smallest absolute Gasteiger partial charge is 0.307 e. The summed E-state index contributed by atoms with van der Waals surface area (Å²) in [4.78, 5) is 34.5. The number of cyclic esters (lactones) is 1. The summed E-state index contributed by atoms with van der Waals surface area (Å²) in [5.41, 5.74) is 0.460. The lowest BCUT2D eigenvalue weighted by atomic mass is 9.90. The number of carbonyl (C=O) groups is 3. The van der Waals surface area contributed by atoms with E-state index < -0.39 is 11.5 Å². The fourth-order valence-electron chi connectivity index (χ4n) is 2.30. The quantitative estimate of drug-likeness (QED) is 0.833. The zero-order valence-electron chi connectivity index (χ0n) is 12.2. The van der Waals surface area contributed by atoms with E-state index in [1.165, 1.54) is 6.92 Å². The van der Waals surface area contributed by atoms with Gasteiger partial charge in [0.25, 0.3) is 0 Å². The summed E-state index contributed by atoms with van der Waals surface area (Å²) in [6.45, 7) is 4.87. The molecule has 2 N–H and O–H groups in total. The van der Waals surface area contributed by atoms with Crippen LogP contribution >= 0.6 is 0 Å². The molecule has 2 amide bonds. The van der Waals surface area contributed by atoms with Crippen LogP contribution in [0.15, 0.2) is 24.3 Å². The van der Waals surface area contributed by atoms with Crippen molar-refractivity contribution in [3.8, 4) is 0 Å². The lowest BCUT2D eigenvalue weighted by Crippen LogP contribution is -2.36. The molecule has 1 atom stereocenters. The van der Waals surface area contributed by atoms with Crippen molar-refractivity contribution in [2.75, 3.05) is 10.6 Å². The molecule has 0 radical (unpaired) electrons. The first-order valence-corrected chi connectivity index (χ1v) is 6.68. The molecule has 1 aromatic rings. The molecule has 1 heterocycles. The summed E-state index contributed by atoms with van der Waals surface area (Å²) in [6.07, 6.45) is 0.0861. The Bertz CT molecular complexity index is 578. The maximum absolute atomic E-state index is 12.2. The molecule has 1 aliphatic heterocycles. The lowest BCUT2D eigenvalue weighted by molar-refractivity contribution is -0.147. The summed E-state index contributed by atoms with van der Waals surface area (Å²) in [5.74, 6) is -1.28. The Hall–Kier alpha value is -2.37. The third kappa shape index (κ3) is 3.59. The molecular weight excluding hydrogens is 272 g/mol. The van der Waals surface area contributed by atoms with Crippen LogP contribution in [0.4, 0.5) is 11.4 Å².